The Balaban J connectivity index is 2.06. The van der Waals surface area contributed by atoms with Crippen LogP contribution in [-0.2, 0) is 6.42 Å². The summed E-state index contributed by atoms with van der Waals surface area (Å²) in [5.74, 6) is 0. The second-order valence-corrected chi connectivity index (χ2v) is 5.52. The number of likely N-dealkylation sites (N-methyl/N-ethyl adjacent to an activating group) is 1. The molecular formula is C14H20N2S. The summed E-state index contributed by atoms with van der Waals surface area (Å²) in [7, 11) is 2.05. The summed E-state index contributed by atoms with van der Waals surface area (Å²) >= 11 is 1.82. The van der Waals surface area contributed by atoms with E-state index in [0.29, 0.717) is 6.04 Å². The second kappa shape index (κ2) is 6.12. The van der Waals surface area contributed by atoms with Gasteiger partial charge < -0.3 is 5.32 Å². The third kappa shape index (κ3) is 3.27. The van der Waals surface area contributed by atoms with Crippen LogP contribution in [0.3, 0.4) is 0 Å². The molecule has 0 saturated carbocycles. The van der Waals surface area contributed by atoms with Crippen LogP contribution < -0.4 is 5.32 Å². The van der Waals surface area contributed by atoms with E-state index in [0.717, 1.165) is 11.9 Å². The largest absolute Gasteiger partial charge is 0.317 e. The predicted octanol–water partition coefficient (Wildman–Crippen LogP) is 3.62. The summed E-state index contributed by atoms with van der Waals surface area (Å²) in [6.45, 7) is 2.24. The van der Waals surface area contributed by atoms with Crippen molar-refractivity contribution in [3.05, 3.63) is 29.3 Å². The first kappa shape index (κ1) is 12.5. The summed E-state index contributed by atoms with van der Waals surface area (Å²) in [5.41, 5.74) is 1.14. The van der Waals surface area contributed by atoms with Crippen molar-refractivity contribution in [2.24, 2.45) is 0 Å². The van der Waals surface area contributed by atoms with Crippen molar-refractivity contribution in [2.45, 2.75) is 38.6 Å². The van der Waals surface area contributed by atoms with Crippen LogP contribution in [0.1, 0.15) is 31.2 Å². The lowest BCUT2D eigenvalue weighted by atomic mass is 10.1. The molecule has 17 heavy (non-hydrogen) atoms. The van der Waals surface area contributed by atoms with E-state index in [-0.39, 0.29) is 0 Å². The molecular weight excluding hydrogens is 228 g/mol. The van der Waals surface area contributed by atoms with E-state index >= 15 is 0 Å². The Morgan fingerprint density at radius 3 is 2.88 bits per heavy atom. The van der Waals surface area contributed by atoms with Gasteiger partial charge in [0.2, 0.25) is 0 Å². The Labute approximate surface area is 107 Å². The molecule has 1 N–H and O–H groups in total. The van der Waals surface area contributed by atoms with Gasteiger partial charge in [-0.1, -0.05) is 31.9 Å². The number of benzene rings is 1. The molecule has 0 aliphatic rings. The molecule has 0 bridgehead atoms. The number of unbranched alkanes of at least 4 members (excludes halogenated alkanes) is 1. The van der Waals surface area contributed by atoms with E-state index in [4.69, 9.17) is 0 Å². The standard InChI is InChI=1S/C14H20N2S/c1-3-4-7-11(15-2)10-14-16-12-8-5-6-9-13(12)17-14/h5-6,8-9,11,15H,3-4,7,10H2,1-2H3. The van der Waals surface area contributed by atoms with Crippen LogP contribution in [0, 0.1) is 0 Å². The molecule has 0 amide bonds. The summed E-state index contributed by atoms with van der Waals surface area (Å²) in [5, 5.41) is 4.65. The molecule has 0 aliphatic heterocycles. The van der Waals surface area contributed by atoms with Crippen molar-refractivity contribution in [3.8, 4) is 0 Å². The van der Waals surface area contributed by atoms with Gasteiger partial charge in [-0.2, -0.15) is 0 Å². The number of hydrogen-bond donors (Lipinski definition) is 1. The minimum atomic E-state index is 0.565. The van der Waals surface area contributed by atoms with Gasteiger partial charge in [-0.3, -0.25) is 0 Å². The molecule has 2 aromatic rings. The van der Waals surface area contributed by atoms with Gasteiger partial charge >= 0.3 is 0 Å². The number of nitrogens with zero attached hydrogens (tertiary/aromatic N) is 1. The molecule has 1 aromatic heterocycles. The van der Waals surface area contributed by atoms with E-state index < -0.39 is 0 Å². The van der Waals surface area contributed by atoms with Crippen LogP contribution in [0.15, 0.2) is 24.3 Å². The third-order valence-corrected chi connectivity index (χ3v) is 4.13. The Bertz CT molecular complexity index is 431. The van der Waals surface area contributed by atoms with Crippen molar-refractivity contribution in [3.63, 3.8) is 0 Å². The number of para-hydroxylation sites is 1. The topological polar surface area (TPSA) is 24.9 Å². The van der Waals surface area contributed by atoms with Gasteiger partial charge in [0.25, 0.3) is 0 Å². The lowest BCUT2D eigenvalue weighted by Crippen LogP contribution is -2.27. The number of rotatable bonds is 6. The van der Waals surface area contributed by atoms with Gasteiger partial charge in [-0.05, 0) is 25.6 Å². The maximum Gasteiger partial charge on any atom is 0.0954 e. The first-order chi connectivity index (χ1) is 8.33. The van der Waals surface area contributed by atoms with E-state index in [9.17, 15) is 0 Å². The van der Waals surface area contributed by atoms with Crippen LogP contribution >= 0.6 is 11.3 Å². The highest BCUT2D eigenvalue weighted by molar-refractivity contribution is 7.18. The van der Waals surface area contributed by atoms with Gasteiger partial charge in [0.15, 0.2) is 0 Å². The maximum absolute atomic E-state index is 4.69. The monoisotopic (exact) mass is 248 g/mol. The molecule has 2 rings (SSSR count). The first-order valence-corrected chi connectivity index (χ1v) is 7.17. The number of hydrogen-bond acceptors (Lipinski definition) is 3. The average molecular weight is 248 g/mol. The van der Waals surface area contributed by atoms with E-state index in [1.165, 1.54) is 29.0 Å². The lowest BCUT2D eigenvalue weighted by Gasteiger charge is -2.13. The van der Waals surface area contributed by atoms with E-state index in [1.54, 1.807) is 0 Å². The lowest BCUT2D eigenvalue weighted by molar-refractivity contribution is 0.498. The third-order valence-electron chi connectivity index (χ3n) is 3.07. The fourth-order valence-corrected chi connectivity index (χ4v) is 3.06. The summed E-state index contributed by atoms with van der Waals surface area (Å²) in [6, 6.07) is 8.94. The van der Waals surface area contributed by atoms with Crippen LogP contribution in [-0.4, -0.2) is 18.1 Å². The van der Waals surface area contributed by atoms with Gasteiger partial charge in [-0.15, -0.1) is 11.3 Å². The average Bonchev–Trinajstić information content (AvgIpc) is 2.76. The summed E-state index contributed by atoms with van der Waals surface area (Å²) in [6.07, 6.45) is 4.84. The normalized spacial score (nSPS) is 13.1. The minimum absolute atomic E-state index is 0.565. The predicted molar refractivity (Wildman–Crippen MR) is 75.7 cm³/mol. The van der Waals surface area contributed by atoms with Crippen LogP contribution in [0.4, 0.5) is 0 Å². The van der Waals surface area contributed by atoms with E-state index in [1.807, 2.05) is 18.4 Å². The highest BCUT2D eigenvalue weighted by Gasteiger charge is 2.10. The van der Waals surface area contributed by atoms with Gasteiger partial charge in [0.05, 0.1) is 15.2 Å². The number of aromatic nitrogens is 1. The molecule has 1 heterocycles. The van der Waals surface area contributed by atoms with Crippen molar-refractivity contribution in [1.82, 2.24) is 10.3 Å². The van der Waals surface area contributed by atoms with Crippen LogP contribution in [0.2, 0.25) is 0 Å². The molecule has 92 valence electrons. The van der Waals surface area contributed by atoms with Crippen molar-refractivity contribution >= 4 is 21.6 Å². The Kier molecular flexibility index (Phi) is 4.51. The number of thiazole rings is 1. The zero-order chi connectivity index (χ0) is 12.1. The van der Waals surface area contributed by atoms with Crippen molar-refractivity contribution in [2.75, 3.05) is 7.05 Å². The highest BCUT2D eigenvalue weighted by Crippen LogP contribution is 2.23. The first-order valence-electron chi connectivity index (χ1n) is 6.35. The SMILES string of the molecule is CCCCC(Cc1nc2ccccc2s1)NC. The van der Waals surface area contributed by atoms with Gasteiger partial charge in [-0.25, -0.2) is 4.98 Å². The van der Waals surface area contributed by atoms with E-state index in [2.05, 4.69) is 41.5 Å². The molecule has 1 atom stereocenters. The number of nitrogens with one attached hydrogen (secondary N) is 1. The summed E-state index contributed by atoms with van der Waals surface area (Å²) in [4.78, 5) is 4.69. The quantitative estimate of drug-likeness (QED) is 0.844. The molecule has 1 unspecified atom stereocenters. The fourth-order valence-electron chi connectivity index (χ4n) is 2.02. The minimum Gasteiger partial charge on any atom is -0.317 e. The van der Waals surface area contributed by atoms with Gasteiger partial charge in [0, 0.05) is 12.5 Å². The molecule has 3 heteroatoms. The highest BCUT2D eigenvalue weighted by atomic mass is 32.1. The molecule has 0 aliphatic carbocycles. The van der Waals surface area contributed by atoms with Crippen LogP contribution in [0.25, 0.3) is 10.2 Å². The zero-order valence-electron chi connectivity index (χ0n) is 10.6. The van der Waals surface area contributed by atoms with Crippen molar-refractivity contribution < 1.29 is 0 Å². The molecule has 0 saturated heterocycles. The molecule has 2 nitrogen and oxygen atoms in total. The molecule has 0 spiro atoms. The zero-order valence-corrected chi connectivity index (χ0v) is 11.4. The Hall–Kier alpha value is -0.930. The van der Waals surface area contributed by atoms with Crippen LogP contribution in [0.5, 0.6) is 0 Å². The maximum atomic E-state index is 4.69. The fraction of sp³-hybridized carbons (Fsp3) is 0.500. The Morgan fingerprint density at radius 2 is 2.18 bits per heavy atom. The number of fused-ring (bicyclic) bond motifs is 1. The smallest absolute Gasteiger partial charge is 0.0954 e. The molecule has 0 fully saturated rings. The Morgan fingerprint density at radius 1 is 1.35 bits per heavy atom. The second-order valence-electron chi connectivity index (χ2n) is 4.41. The molecule has 0 radical (unpaired) electrons. The van der Waals surface area contributed by atoms with Gasteiger partial charge in [0.1, 0.15) is 0 Å². The van der Waals surface area contributed by atoms with Crippen molar-refractivity contribution in [1.29, 1.82) is 0 Å². The molecule has 1 aromatic carbocycles. The summed E-state index contributed by atoms with van der Waals surface area (Å²) < 4.78 is 1.30.